The maximum Gasteiger partial charge on any atom is 0.325 e. The fraction of sp³-hybridized carbons (Fsp3) is 0.167. The first-order chi connectivity index (χ1) is 10.1. The van der Waals surface area contributed by atoms with Crippen molar-refractivity contribution in [1.82, 2.24) is 14.8 Å². The number of carboxylic acid groups (broad SMARTS) is 1. The zero-order valence-corrected chi connectivity index (χ0v) is 11.1. The fourth-order valence-corrected chi connectivity index (χ4v) is 1.52. The van der Waals surface area contributed by atoms with Gasteiger partial charge in [-0.05, 0) is 6.07 Å². The molecule has 2 amide bonds. The van der Waals surface area contributed by atoms with Crippen LogP contribution in [-0.2, 0) is 11.3 Å². The van der Waals surface area contributed by atoms with Crippen molar-refractivity contribution in [2.24, 2.45) is 0 Å². The normalized spacial score (nSPS) is 9.95. The number of nitrogens with zero attached hydrogens (tertiary/aromatic N) is 3. The van der Waals surface area contributed by atoms with E-state index in [0.29, 0.717) is 17.3 Å². The Balaban J connectivity index is 1.91. The number of urea groups is 1. The minimum Gasteiger partial charge on any atom is -0.481 e. The van der Waals surface area contributed by atoms with Crippen molar-refractivity contribution in [2.75, 3.05) is 17.7 Å². The molecule has 0 unspecified atom stereocenters. The van der Waals surface area contributed by atoms with E-state index in [4.69, 9.17) is 9.84 Å². The van der Waals surface area contributed by atoms with E-state index < -0.39 is 12.0 Å². The third-order valence-electron chi connectivity index (χ3n) is 2.39. The highest BCUT2D eigenvalue weighted by Gasteiger charge is 2.07. The summed E-state index contributed by atoms with van der Waals surface area (Å²) in [4.78, 5) is 26.2. The van der Waals surface area contributed by atoms with Crippen molar-refractivity contribution >= 4 is 23.4 Å². The molecule has 0 aliphatic rings. The molecule has 2 aromatic heterocycles. The molecule has 2 heterocycles. The molecule has 0 saturated heterocycles. The average Bonchev–Trinajstić information content (AvgIpc) is 2.85. The Morgan fingerprint density at radius 2 is 2.05 bits per heavy atom. The maximum absolute atomic E-state index is 11.7. The monoisotopic (exact) mass is 291 g/mol. The van der Waals surface area contributed by atoms with Crippen LogP contribution in [0.1, 0.15) is 0 Å². The first-order valence-electron chi connectivity index (χ1n) is 5.89. The molecule has 0 aliphatic carbocycles. The second kappa shape index (κ2) is 6.37. The van der Waals surface area contributed by atoms with Gasteiger partial charge in [-0.2, -0.15) is 5.10 Å². The molecule has 0 atom stereocenters. The van der Waals surface area contributed by atoms with Gasteiger partial charge in [0.25, 0.3) is 0 Å². The smallest absolute Gasteiger partial charge is 0.325 e. The predicted octanol–water partition coefficient (Wildman–Crippen LogP) is 1.02. The van der Waals surface area contributed by atoms with E-state index in [1.54, 1.807) is 12.1 Å². The van der Waals surface area contributed by atoms with Crippen molar-refractivity contribution < 1.29 is 19.4 Å². The maximum atomic E-state index is 11.7. The first-order valence-corrected chi connectivity index (χ1v) is 5.89. The number of carboxylic acids is 1. The Kier molecular flexibility index (Phi) is 4.34. The number of ether oxygens (including phenoxy) is 1. The molecule has 9 heteroatoms. The van der Waals surface area contributed by atoms with Crippen LogP contribution in [0.4, 0.5) is 16.2 Å². The van der Waals surface area contributed by atoms with Crippen molar-refractivity contribution in [3.63, 3.8) is 0 Å². The minimum absolute atomic E-state index is 0.272. The van der Waals surface area contributed by atoms with Crippen LogP contribution in [0.25, 0.3) is 0 Å². The second-order valence-corrected chi connectivity index (χ2v) is 3.99. The SMILES string of the molecule is COc1ccc(NC(=O)Nc2cnn(CC(=O)O)c2)cn1. The third-order valence-corrected chi connectivity index (χ3v) is 2.39. The van der Waals surface area contributed by atoms with Gasteiger partial charge in [0.2, 0.25) is 5.88 Å². The lowest BCUT2D eigenvalue weighted by Crippen LogP contribution is -2.19. The van der Waals surface area contributed by atoms with Crippen LogP contribution in [0.15, 0.2) is 30.7 Å². The lowest BCUT2D eigenvalue weighted by molar-refractivity contribution is -0.137. The molecular weight excluding hydrogens is 278 g/mol. The molecule has 0 radical (unpaired) electrons. The van der Waals surface area contributed by atoms with Gasteiger partial charge in [0.1, 0.15) is 6.54 Å². The van der Waals surface area contributed by atoms with Crippen LogP contribution in [0, 0.1) is 0 Å². The summed E-state index contributed by atoms with van der Waals surface area (Å²) < 4.78 is 6.11. The summed E-state index contributed by atoms with van der Waals surface area (Å²) in [7, 11) is 1.50. The van der Waals surface area contributed by atoms with Gasteiger partial charge in [-0.1, -0.05) is 0 Å². The van der Waals surface area contributed by atoms with Gasteiger partial charge in [0.15, 0.2) is 0 Å². The van der Waals surface area contributed by atoms with E-state index in [-0.39, 0.29) is 6.54 Å². The van der Waals surface area contributed by atoms with Crippen molar-refractivity contribution in [2.45, 2.75) is 6.54 Å². The standard InChI is InChI=1S/C12H13N5O4/c1-21-10-3-2-8(4-13-10)15-12(20)16-9-5-14-17(6-9)7-11(18)19/h2-6H,7H2,1H3,(H,18,19)(H2,15,16,20). The number of aliphatic carboxylic acids is 1. The number of carbonyl (C=O) groups is 2. The molecule has 9 nitrogen and oxygen atoms in total. The molecule has 0 bridgehead atoms. The van der Waals surface area contributed by atoms with Gasteiger partial charge in [-0.25, -0.2) is 9.78 Å². The first kappa shape index (κ1) is 14.3. The minimum atomic E-state index is -1.02. The molecular formula is C12H13N5O4. The van der Waals surface area contributed by atoms with Crippen LogP contribution < -0.4 is 15.4 Å². The highest BCUT2D eigenvalue weighted by molar-refractivity contribution is 5.99. The van der Waals surface area contributed by atoms with Gasteiger partial charge >= 0.3 is 12.0 Å². The lowest BCUT2D eigenvalue weighted by atomic mass is 10.4. The number of anilines is 2. The number of carbonyl (C=O) groups excluding carboxylic acids is 1. The molecule has 0 spiro atoms. The number of nitrogens with one attached hydrogen (secondary N) is 2. The van der Waals surface area contributed by atoms with Crippen LogP contribution in [0.5, 0.6) is 5.88 Å². The lowest BCUT2D eigenvalue weighted by Gasteiger charge is -2.06. The van der Waals surface area contributed by atoms with Crippen molar-refractivity contribution in [3.05, 3.63) is 30.7 Å². The van der Waals surface area contributed by atoms with E-state index >= 15 is 0 Å². The van der Waals surface area contributed by atoms with E-state index in [1.165, 1.54) is 30.4 Å². The molecule has 3 N–H and O–H groups in total. The fourth-order valence-electron chi connectivity index (χ4n) is 1.52. The molecule has 110 valence electrons. The Bertz CT molecular complexity index is 637. The Morgan fingerprint density at radius 3 is 2.67 bits per heavy atom. The number of rotatable bonds is 5. The topological polar surface area (TPSA) is 118 Å². The van der Waals surface area contributed by atoms with Gasteiger partial charge in [-0.15, -0.1) is 0 Å². The third kappa shape index (κ3) is 4.20. The number of hydrogen-bond donors (Lipinski definition) is 3. The largest absolute Gasteiger partial charge is 0.481 e. The van der Waals surface area contributed by atoms with Crippen LogP contribution in [0.3, 0.4) is 0 Å². The Morgan fingerprint density at radius 1 is 1.29 bits per heavy atom. The number of aromatic nitrogens is 3. The second-order valence-electron chi connectivity index (χ2n) is 3.99. The van der Waals surface area contributed by atoms with E-state index in [2.05, 4.69) is 20.7 Å². The highest BCUT2D eigenvalue weighted by Crippen LogP contribution is 2.12. The van der Waals surface area contributed by atoms with E-state index in [9.17, 15) is 9.59 Å². The van der Waals surface area contributed by atoms with Crippen LogP contribution in [0.2, 0.25) is 0 Å². The molecule has 0 fully saturated rings. The van der Waals surface area contributed by atoms with Crippen molar-refractivity contribution in [3.8, 4) is 5.88 Å². The number of hydrogen-bond acceptors (Lipinski definition) is 5. The Hall–Kier alpha value is -3.10. The molecule has 2 rings (SSSR count). The summed E-state index contributed by atoms with van der Waals surface area (Å²) >= 11 is 0. The van der Waals surface area contributed by atoms with E-state index in [0.717, 1.165) is 0 Å². The van der Waals surface area contributed by atoms with Crippen molar-refractivity contribution in [1.29, 1.82) is 0 Å². The summed E-state index contributed by atoms with van der Waals surface area (Å²) in [5.41, 5.74) is 0.876. The number of pyridine rings is 1. The summed E-state index contributed by atoms with van der Waals surface area (Å²) in [6.07, 6.45) is 4.22. The Labute approximate surface area is 119 Å². The van der Waals surface area contributed by atoms with Gasteiger partial charge in [0, 0.05) is 12.3 Å². The highest BCUT2D eigenvalue weighted by atomic mass is 16.5. The molecule has 0 aliphatic heterocycles. The molecule has 0 aromatic carbocycles. The molecule has 21 heavy (non-hydrogen) atoms. The van der Waals surface area contributed by atoms with Crippen LogP contribution in [-0.4, -0.2) is 39.0 Å². The molecule has 2 aromatic rings. The summed E-state index contributed by atoms with van der Waals surface area (Å²) in [6.45, 7) is -0.272. The quantitative estimate of drug-likeness (QED) is 0.756. The van der Waals surface area contributed by atoms with Crippen LogP contribution >= 0.6 is 0 Å². The zero-order chi connectivity index (χ0) is 15.2. The number of methoxy groups -OCH3 is 1. The average molecular weight is 291 g/mol. The summed E-state index contributed by atoms with van der Waals surface area (Å²) in [6, 6.07) is 2.76. The summed E-state index contributed by atoms with van der Waals surface area (Å²) in [5, 5.41) is 17.5. The van der Waals surface area contributed by atoms with Gasteiger partial charge < -0.3 is 20.5 Å². The zero-order valence-electron chi connectivity index (χ0n) is 11.1. The predicted molar refractivity (Wildman–Crippen MR) is 73.3 cm³/mol. The van der Waals surface area contributed by atoms with Gasteiger partial charge in [0.05, 0.1) is 30.9 Å². The van der Waals surface area contributed by atoms with Gasteiger partial charge in [-0.3, -0.25) is 9.48 Å². The van der Waals surface area contributed by atoms with E-state index in [1.807, 2.05) is 0 Å². The molecule has 0 saturated carbocycles. The number of amides is 2. The summed E-state index contributed by atoms with van der Waals surface area (Å²) in [5.74, 6) is -0.575.